The van der Waals surface area contributed by atoms with Crippen LogP contribution in [0, 0.1) is 0 Å². The molecule has 2 rings (SSSR count). The molecular weight excluding hydrogens is 264 g/mol. The van der Waals surface area contributed by atoms with Crippen LogP contribution < -0.4 is 15.4 Å². The molecule has 2 aromatic rings. The highest BCUT2D eigenvalue weighted by molar-refractivity contribution is 5.62. The lowest BCUT2D eigenvalue weighted by Crippen LogP contribution is -2.05. The van der Waals surface area contributed by atoms with Gasteiger partial charge in [0, 0.05) is 12.7 Å². The number of ether oxygens (including phenoxy) is 1. The van der Waals surface area contributed by atoms with Gasteiger partial charge in [0.2, 0.25) is 5.95 Å². The molecule has 0 spiro atoms. The van der Waals surface area contributed by atoms with Gasteiger partial charge in [-0.15, -0.1) is 0 Å². The number of benzene rings is 1. The Labute approximate surface area is 125 Å². The molecular formula is C16H22N4O. The van der Waals surface area contributed by atoms with E-state index in [4.69, 9.17) is 4.74 Å². The van der Waals surface area contributed by atoms with Crippen LogP contribution in [0.5, 0.6) is 5.75 Å². The second-order valence-corrected chi connectivity index (χ2v) is 4.72. The zero-order valence-electron chi connectivity index (χ0n) is 12.6. The van der Waals surface area contributed by atoms with Gasteiger partial charge in [0.25, 0.3) is 0 Å². The van der Waals surface area contributed by atoms with Gasteiger partial charge in [-0.2, -0.15) is 4.98 Å². The van der Waals surface area contributed by atoms with Crippen LogP contribution in [-0.4, -0.2) is 23.6 Å². The second kappa shape index (κ2) is 8.09. The highest BCUT2D eigenvalue weighted by Crippen LogP contribution is 2.25. The predicted octanol–water partition coefficient (Wildman–Crippen LogP) is 3.83. The van der Waals surface area contributed by atoms with E-state index in [1.165, 1.54) is 12.8 Å². The summed E-state index contributed by atoms with van der Waals surface area (Å²) in [7, 11) is 1.65. The summed E-state index contributed by atoms with van der Waals surface area (Å²) >= 11 is 0. The first-order valence-corrected chi connectivity index (χ1v) is 7.30. The highest BCUT2D eigenvalue weighted by Gasteiger charge is 2.04. The first kappa shape index (κ1) is 15.1. The maximum absolute atomic E-state index is 5.31. The molecule has 5 heteroatoms. The van der Waals surface area contributed by atoms with E-state index in [2.05, 4.69) is 27.5 Å². The summed E-state index contributed by atoms with van der Waals surface area (Å²) in [4.78, 5) is 8.69. The van der Waals surface area contributed by atoms with Crippen LogP contribution in [0.25, 0.3) is 0 Å². The molecule has 5 nitrogen and oxygen atoms in total. The molecule has 0 aliphatic heterocycles. The lowest BCUT2D eigenvalue weighted by molar-refractivity contribution is 0.417. The first-order chi connectivity index (χ1) is 10.3. The van der Waals surface area contributed by atoms with E-state index in [1.54, 1.807) is 13.3 Å². The van der Waals surface area contributed by atoms with Gasteiger partial charge in [0.1, 0.15) is 11.6 Å². The maximum atomic E-state index is 5.31. The largest absolute Gasteiger partial charge is 0.495 e. The van der Waals surface area contributed by atoms with E-state index in [-0.39, 0.29) is 0 Å². The third kappa shape index (κ3) is 4.63. The number of hydrogen-bond donors (Lipinski definition) is 2. The van der Waals surface area contributed by atoms with Crippen LogP contribution in [0.1, 0.15) is 26.2 Å². The van der Waals surface area contributed by atoms with Gasteiger partial charge < -0.3 is 15.4 Å². The standard InChI is InChI=1S/C16H22N4O/c1-3-4-7-11-17-15-10-12-18-16(20-15)19-13-8-5-6-9-14(13)21-2/h5-6,8-10,12H,3-4,7,11H2,1-2H3,(H2,17,18,19,20). The quantitative estimate of drug-likeness (QED) is 0.722. The lowest BCUT2D eigenvalue weighted by Gasteiger charge is -2.10. The summed E-state index contributed by atoms with van der Waals surface area (Å²) in [6.07, 6.45) is 5.33. The number of hydrogen-bond acceptors (Lipinski definition) is 5. The summed E-state index contributed by atoms with van der Waals surface area (Å²) in [6, 6.07) is 9.58. The van der Waals surface area contributed by atoms with Crippen molar-refractivity contribution in [2.45, 2.75) is 26.2 Å². The Morgan fingerprint density at radius 3 is 2.81 bits per heavy atom. The van der Waals surface area contributed by atoms with Gasteiger partial charge >= 0.3 is 0 Å². The Bertz CT molecular complexity index is 559. The fraction of sp³-hybridized carbons (Fsp3) is 0.375. The van der Waals surface area contributed by atoms with Gasteiger partial charge in [0.05, 0.1) is 12.8 Å². The second-order valence-electron chi connectivity index (χ2n) is 4.72. The fourth-order valence-electron chi connectivity index (χ4n) is 1.98. The number of nitrogens with one attached hydrogen (secondary N) is 2. The molecule has 1 heterocycles. The maximum Gasteiger partial charge on any atom is 0.229 e. The summed E-state index contributed by atoms with van der Waals surface area (Å²) < 4.78 is 5.31. The summed E-state index contributed by atoms with van der Waals surface area (Å²) in [5.41, 5.74) is 0.850. The lowest BCUT2D eigenvalue weighted by atomic mass is 10.2. The summed E-state index contributed by atoms with van der Waals surface area (Å²) in [6.45, 7) is 3.12. The van der Waals surface area contributed by atoms with E-state index in [1.807, 2.05) is 30.3 Å². The Balaban J connectivity index is 2.00. The van der Waals surface area contributed by atoms with Crippen molar-refractivity contribution in [2.24, 2.45) is 0 Å². The molecule has 2 N–H and O–H groups in total. The molecule has 0 fully saturated rings. The minimum absolute atomic E-state index is 0.556. The Morgan fingerprint density at radius 1 is 1.14 bits per heavy atom. The van der Waals surface area contributed by atoms with Crippen molar-refractivity contribution in [3.8, 4) is 5.75 Å². The molecule has 0 unspecified atom stereocenters. The predicted molar refractivity (Wildman–Crippen MR) is 86.3 cm³/mol. The number of rotatable bonds is 8. The van der Waals surface area contributed by atoms with E-state index in [9.17, 15) is 0 Å². The normalized spacial score (nSPS) is 10.2. The van der Waals surface area contributed by atoms with Gasteiger partial charge in [0.15, 0.2) is 0 Å². The van der Waals surface area contributed by atoms with Gasteiger partial charge in [-0.3, -0.25) is 0 Å². The van der Waals surface area contributed by atoms with Crippen molar-refractivity contribution in [2.75, 3.05) is 24.3 Å². The van der Waals surface area contributed by atoms with Crippen molar-refractivity contribution < 1.29 is 4.74 Å². The van der Waals surface area contributed by atoms with Crippen LogP contribution in [-0.2, 0) is 0 Å². The van der Waals surface area contributed by atoms with Gasteiger partial charge in [-0.05, 0) is 24.6 Å². The van der Waals surface area contributed by atoms with Gasteiger partial charge in [-0.1, -0.05) is 31.9 Å². The molecule has 0 atom stereocenters. The first-order valence-electron chi connectivity index (χ1n) is 7.30. The molecule has 112 valence electrons. The Kier molecular flexibility index (Phi) is 5.82. The molecule has 0 saturated heterocycles. The minimum Gasteiger partial charge on any atom is -0.495 e. The molecule has 0 bridgehead atoms. The van der Waals surface area contributed by atoms with E-state index < -0.39 is 0 Å². The molecule has 1 aromatic heterocycles. The van der Waals surface area contributed by atoms with Crippen molar-refractivity contribution >= 4 is 17.5 Å². The molecule has 0 amide bonds. The van der Waals surface area contributed by atoms with Crippen LogP contribution >= 0.6 is 0 Å². The average Bonchev–Trinajstić information content (AvgIpc) is 2.52. The number of methoxy groups -OCH3 is 1. The van der Waals surface area contributed by atoms with Crippen LogP contribution in [0.2, 0.25) is 0 Å². The van der Waals surface area contributed by atoms with Crippen molar-refractivity contribution in [1.29, 1.82) is 0 Å². The average molecular weight is 286 g/mol. The van der Waals surface area contributed by atoms with Crippen LogP contribution in [0.4, 0.5) is 17.5 Å². The zero-order chi connectivity index (χ0) is 14.9. The van der Waals surface area contributed by atoms with E-state index >= 15 is 0 Å². The van der Waals surface area contributed by atoms with Crippen LogP contribution in [0.3, 0.4) is 0 Å². The third-order valence-corrected chi connectivity index (χ3v) is 3.10. The van der Waals surface area contributed by atoms with Gasteiger partial charge in [-0.25, -0.2) is 4.98 Å². The SMILES string of the molecule is CCCCCNc1ccnc(Nc2ccccc2OC)n1. The van der Waals surface area contributed by atoms with Crippen LogP contribution in [0.15, 0.2) is 36.5 Å². The topological polar surface area (TPSA) is 59.1 Å². The fourth-order valence-corrected chi connectivity index (χ4v) is 1.98. The molecule has 1 aromatic carbocycles. The zero-order valence-corrected chi connectivity index (χ0v) is 12.6. The van der Waals surface area contributed by atoms with Crippen molar-refractivity contribution in [1.82, 2.24) is 9.97 Å². The third-order valence-electron chi connectivity index (χ3n) is 3.10. The molecule has 21 heavy (non-hydrogen) atoms. The number of unbranched alkanes of at least 4 members (excludes halogenated alkanes) is 2. The minimum atomic E-state index is 0.556. The van der Waals surface area contributed by atoms with Crippen molar-refractivity contribution in [3.63, 3.8) is 0 Å². The molecule has 0 saturated carbocycles. The Morgan fingerprint density at radius 2 is 2.00 bits per heavy atom. The summed E-state index contributed by atoms with van der Waals surface area (Å²) in [5.74, 6) is 2.15. The molecule has 0 aliphatic rings. The van der Waals surface area contributed by atoms with Crippen molar-refractivity contribution in [3.05, 3.63) is 36.5 Å². The number of nitrogens with zero attached hydrogens (tertiary/aromatic N) is 2. The number of para-hydroxylation sites is 2. The molecule has 0 radical (unpaired) electrons. The Hall–Kier alpha value is -2.30. The van der Waals surface area contributed by atoms with E-state index in [0.717, 1.165) is 30.2 Å². The smallest absolute Gasteiger partial charge is 0.229 e. The number of aromatic nitrogens is 2. The van der Waals surface area contributed by atoms with E-state index in [0.29, 0.717) is 5.95 Å². The highest BCUT2D eigenvalue weighted by atomic mass is 16.5. The summed E-state index contributed by atoms with van der Waals surface area (Å²) in [5, 5.41) is 6.49. The number of anilines is 3. The monoisotopic (exact) mass is 286 g/mol. The molecule has 0 aliphatic carbocycles.